The number of aromatic hydroxyl groups is 1. The first-order chi connectivity index (χ1) is 18.9. The third-order valence-electron chi connectivity index (χ3n) is 6.91. The molecule has 40 heavy (non-hydrogen) atoms. The van der Waals surface area contributed by atoms with E-state index in [-0.39, 0.29) is 29.5 Å². The van der Waals surface area contributed by atoms with Gasteiger partial charge in [0.15, 0.2) is 0 Å². The molecule has 1 aromatic heterocycles. The summed E-state index contributed by atoms with van der Waals surface area (Å²) >= 11 is 0. The molecule has 1 amide bonds. The molecule has 1 aliphatic rings. The van der Waals surface area contributed by atoms with Gasteiger partial charge in [0.1, 0.15) is 23.9 Å². The molecule has 9 heteroatoms. The van der Waals surface area contributed by atoms with E-state index in [0.717, 1.165) is 11.1 Å². The molecule has 1 aliphatic heterocycles. The number of phenolic OH excluding ortho intramolecular Hbond substituents is 1. The van der Waals surface area contributed by atoms with Crippen molar-refractivity contribution in [3.05, 3.63) is 119 Å². The number of imidazole rings is 1. The van der Waals surface area contributed by atoms with Gasteiger partial charge in [0.2, 0.25) is 0 Å². The molecule has 0 bridgehead atoms. The number of ether oxygens (including phenoxy) is 1. The van der Waals surface area contributed by atoms with Crippen LogP contribution >= 0.6 is 12.4 Å². The molecular weight excluding hydrogens is 530 g/mol. The van der Waals surface area contributed by atoms with Gasteiger partial charge in [0.05, 0.1) is 17.9 Å². The number of aryl methyl sites for hydroxylation is 2. The number of amides is 1. The largest absolute Gasteiger partial charge is 0.508 e. The van der Waals surface area contributed by atoms with E-state index in [4.69, 9.17) is 4.74 Å². The normalized spacial score (nSPS) is 16.1. The second-order valence-corrected chi connectivity index (χ2v) is 9.48. The van der Waals surface area contributed by atoms with E-state index in [1.807, 2.05) is 42.0 Å². The average Bonchev–Trinajstić information content (AvgIpc) is 3.55. The quantitative estimate of drug-likeness (QED) is 0.161. The molecule has 1 saturated heterocycles. The lowest BCUT2D eigenvalue weighted by Gasteiger charge is -2.25. The third kappa shape index (κ3) is 6.02. The fourth-order valence-electron chi connectivity index (χ4n) is 4.75. The van der Waals surface area contributed by atoms with Crippen LogP contribution in [0.1, 0.15) is 34.7 Å². The minimum Gasteiger partial charge on any atom is -0.508 e. The number of aromatic nitrogens is 2. The van der Waals surface area contributed by atoms with Gasteiger partial charge in [-0.3, -0.25) is 9.59 Å². The van der Waals surface area contributed by atoms with Crippen molar-refractivity contribution in [3.8, 4) is 11.5 Å². The van der Waals surface area contributed by atoms with Gasteiger partial charge in [0.25, 0.3) is 11.7 Å². The number of aliphatic hydroxyl groups excluding tert-OH is 1. The number of carbonyl (C=O) groups is 2. The molecule has 0 aliphatic carbocycles. The van der Waals surface area contributed by atoms with Gasteiger partial charge in [-0.15, -0.1) is 12.4 Å². The van der Waals surface area contributed by atoms with Gasteiger partial charge in [-0.2, -0.15) is 0 Å². The fraction of sp³-hybridized carbons (Fsp3) is 0.194. The Labute approximate surface area is 238 Å². The summed E-state index contributed by atoms with van der Waals surface area (Å²) in [6, 6.07) is 20.3. The van der Waals surface area contributed by atoms with Gasteiger partial charge in [-0.05, 0) is 66.4 Å². The summed E-state index contributed by atoms with van der Waals surface area (Å²) in [4.78, 5) is 31.9. The number of nitrogens with zero attached hydrogens (tertiary/aromatic N) is 3. The van der Waals surface area contributed by atoms with Crippen molar-refractivity contribution in [1.82, 2.24) is 14.5 Å². The minimum atomic E-state index is -0.787. The van der Waals surface area contributed by atoms with Crippen molar-refractivity contribution in [1.29, 1.82) is 0 Å². The Morgan fingerprint density at radius 3 is 2.38 bits per heavy atom. The Kier molecular flexibility index (Phi) is 8.91. The SMILES string of the molecule is Cc1ccccc1COc1ccc(/C(O)=C2\C(=O)C(=O)N(CCCn3ccnc3)C2c2ccc(O)cc2)cc1.Cl. The highest BCUT2D eigenvalue weighted by molar-refractivity contribution is 6.46. The molecule has 0 radical (unpaired) electrons. The summed E-state index contributed by atoms with van der Waals surface area (Å²) in [6.45, 7) is 3.35. The lowest BCUT2D eigenvalue weighted by Crippen LogP contribution is -2.31. The van der Waals surface area contributed by atoms with Crippen LogP contribution in [0.2, 0.25) is 0 Å². The second-order valence-electron chi connectivity index (χ2n) is 9.48. The van der Waals surface area contributed by atoms with E-state index in [1.54, 1.807) is 48.9 Å². The van der Waals surface area contributed by atoms with Gasteiger partial charge >= 0.3 is 0 Å². The number of aliphatic hydroxyl groups is 1. The number of hydrogen-bond acceptors (Lipinski definition) is 6. The molecule has 1 fully saturated rings. The zero-order valence-corrected chi connectivity index (χ0v) is 22.8. The van der Waals surface area contributed by atoms with Crippen LogP contribution in [0.3, 0.4) is 0 Å². The van der Waals surface area contributed by atoms with Crippen LogP contribution in [-0.2, 0) is 22.7 Å². The maximum Gasteiger partial charge on any atom is 0.295 e. The Morgan fingerprint density at radius 1 is 0.975 bits per heavy atom. The molecule has 3 aromatic carbocycles. The van der Waals surface area contributed by atoms with Crippen LogP contribution in [0.4, 0.5) is 0 Å². The zero-order valence-electron chi connectivity index (χ0n) is 21.9. The fourth-order valence-corrected chi connectivity index (χ4v) is 4.75. The smallest absolute Gasteiger partial charge is 0.295 e. The molecule has 0 spiro atoms. The van der Waals surface area contributed by atoms with Gasteiger partial charge in [-0.25, -0.2) is 4.98 Å². The Balaban J connectivity index is 0.00000370. The number of Topliss-reactive ketones (excluding diaryl/α,β-unsaturated/α-hetero) is 1. The Hall–Kier alpha value is -4.56. The zero-order chi connectivity index (χ0) is 27.4. The highest BCUT2D eigenvalue weighted by Crippen LogP contribution is 2.40. The predicted octanol–water partition coefficient (Wildman–Crippen LogP) is 5.41. The monoisotopic (exact) mass is 559 g/mol. The van der Waals surface area contributed by atoms with Gasteiger partial charge in [-0.1, -0.05) is 36.4 Å². The van der Waals surface area contributed by atoms with Crippen LogP contribution in [-0.4, -0.2) is 42.9 Å². The van der Waals surface area contributed by atoms with Crippen molar-refractivity contribution >= 4 is 29.9 Å². The number of hydrogen-bond donors (Lipinski definition) is 2. The lowest BCUT2D eigenvalue weighted by atomic mass is 9.95. The van der Waals surface area contributed by atoms with E-state index in [0.29, 0.717) is 43.0 Å². The number of rotatable bonds is 9. The molecular formula is C31H30ClN3O5. The summed E-state index contributed by atoms with van der Waals surface area (Å²) in [5.41, 5.74) is 3.25. The van der Waals surface area contributed by atoms with E-state index in [1.165, 1.54) is 17.0 Å². The van der Waals surface area contributed by atoms with Crippen molar-refractivity contribution < 1.29 is 24.5 Å². The first-order valence-electron chi connectivity index (χ1n) is 12.7. The molecule has 1 unspecified atom stereocenters. The molecule has 5 rings (SSSR count). The number of benzene rings is 3. The van der Waals surface area contributed by atoms with Gasteiger partial charge < -0.3 is 24.4 Å². The van der Waals surface area contributed by atoms with E-state index >= 15 is 0 Å². The first kappa shape index (κ1) is 28.4. The molecule has 8 nitrogen and oxygen atoms in total. The number of likely N-dealkylation sites (tertiary alicyclic amines) is 1. The molecule has 1 atom stereocenters. The highest BCUT2D eigenvalue weighted by Gasteiger charge is 2.45. The number of ketones is 1. The summed E-state index contributed by atoms with van der Waals surface area (Å²) in [5, 5.41) is 21.1. The molecule has 4 aromatic rings. The van der Waals surface area contributed by atoms with E-state index in [9.17, 15) is 19.8 Å². The standard InChI is InChI=1S/C31H29N3O5.ClH/c1-21-5-2-3-6-24(21)19-39-26-13-9-23(10-14-26)29(36)27-28(22-7-11-25(35)12-8-22)34(31(38)30(27)37)17-4-16-33-18-15-32-20-33;/h2-3,5-15,18,20,28,35-36H,4,16-17,19H2,1H3;1H/b29-27+;. The first-order valence-corrected chi connectivity index (χ1v) is 12.7. The topological polar surface area (TPSA) is 105 Å². The van der Waals surface area contributed by atoms with Crippen molar-refractivity contribution in [3.63, 3.8) is 0 Å². The van der Waals surface area contributed by atoms with Crippen molar-refractivity contribution in [2.45, 2.75) is 32.5 Å². The molecule has 2 N–H and O–H groups in total. The van der Waals surface area contributed by atoms with Crippen molar-refractivity contribution in [2.24, 2.45) is 0 Å². The molecule has 2 heterocycles. The van der Waals surface area contributed by atoms with Crippen LogP contribution in [0.5, 0.6) is 11.5 Å². The molecule has 0 saturated carbocycles. The highest BCUT2D eigenvalue weighted by atomic mass is 35.5. The summed E-state index contributed by atoms with van der Waals surface area (Å²) in [7, 11) is 0. The van der Waals surface area contributed by atoms with Crippen molar-refractivity contribution in [2.75, 3.05) is 6.54 Å². The maximum absolute atomic E-state index is 13.2. The van der Waals surface area contributed by atoms with E-state index in [2.05, 4.69) is 4.98 Å². The van der Waals surface area contributed by atoms with Gasteiger partial charge in [0, 0.05) is 31.0 Å². The average molecular weight is 560 g/mol. The number of halogens is 1. The van der Waals surface area contributed by atoms with Crippen LogP contribution in [0.25, 0.3) is 5.76 Å². The summed E-state index contributed by atoms with van der Waals surface area (Å²) in [6.07, 6.45) is 5.80. The third-order valence-corrected chi connectivity index (χ3v) is 6.91. The van der Waals surface area contributed by atoms with Crippen LogP contribution in [0.15, 0.2) is 97.1 Å². The van der Waals surface area contributed by atoms with Crippen LogP contribution in [0, 0.1) is 6.92 Å². The summed E-state index contributed by atoms with van der Waals surface area (Å²) < 4.78 is 7.81. The maximum atomic E-state index is 13.2. The number of carbonyl (C=O) groups excluding carboxylic acids is 2. The predicted molar refractivity (Wildman–Crippen MR) is 153 cm³/mol. The van der Waals surface area contributed by atoms with Crippen LogP contribution < -0.4 is 4.74 Å². The number of phenols is 1. The Bertz CT molecular complexity index is 1500. The summed E-state index contributed by atoms with van der Waals surface area (Å²) in [5.74, 6) is -0.984. The van der Waals surface area contributed by atoms with E-state index < -0.39 is 17.7 Å². The molecule has 206 valence electrons. The minimum absolute atomic E-state index is 0. The lowest BCUT2D eigenvalue weighted by molar-refractivity contribution is -0.139. The Morgan fingerprint density at radius 2 is 1.70 bits per heavy atom. The second kappa shape index (κ2) is 12.5.